The van der Waals surface area contributed by atoms with Crippen molar-refractivity contribution >= 4 is 45.3 Å². The van der Waals surface area contributed by atoms with Crippen molar-refractivity contribution in [3.8, 4) is 11.6 Å². The van der Waals surface area contributed by atoms with E-state index in [1.807, 2.05) is 17.6 Å². The number of aromatic nitrogens is 3. The second-order valence-electron chi connectivity index (χ2n) is 5.54. The average molecular weight is 465 g/mol. The van der Waals surface area contributed by atoms with E-state index in [1.165, 1.54) is 11.8 Å². The van der Waals surface area contributed by atoms with Crippen LogP contribution >= 0.6 is 27.7 Å². The Morgan fingerprint density at radius 3 is 2.86 bits per heavy atom. The monoisotopic (exact) mass is 464 g/mol. The summed E-state index contributed by atoms with van der Waals surface area (Å²) in [4.78, 5) is 23.8. The highest BCUT2D eigenvalue weighted by molar-refractivity contribution is 9.10. The summed E-state index contributed by atoms with van der Waals surface area (Å²) in [6.07, 6.45) is 1.56. The van der Waals surface area contributed by atoms with E-state index < -0.39 is 11.9 Å². The molecule has 28 heavy (non-hydrogen) atoms. The van der Waals surface area contributed by atoms with E-state index in [0.717, 1.165) is 4.47 Å². The van der Waals surface area contributed by atoms with E-state index in [1.54, 1.807) is 36.6 Å². The molecule has 1 amide bonds. The number of carbonyl (C=O) groups is 2. The quantitative estimate of drug-likeness (QED) is 0.401. The van der Waals surface area contributed by atoms with Gasteiger partial charge in [0.1, 0.15) is 0 Å². The maximum atomic E-state index is 12.0. The van der Waals surface area contributed by atoms with E-state index in [9.17, 15) is 9.59 Å². The number of ether oxygens (including phenoxy) is 1. The molecule has 0 spiro atoms. The minimum absolute atomic E-state index is 0.0143. The zero-order valence-electron chi connectivity index (χ0n) is 14.9. The van der Waals surface area contributed by atoms with Gasteiger partial charge < -0.3 is 14.5 Å². The molecule has 3 rings (SSSR count). The van der Waals surface area contributed by atoms with Crippen molar-refractivity contribution in [2.75, 3.05) is 17.7 Å². The van der Waals surface area contributed by atoms with Crippen LogP contribution in [0, 0.1) is 0 Å². The molecule has 0 aliphatic heterocycles. The molecule has 0 aliphatic carbocycles. The summed E-state index contributed by atoms with van der Waals surface area (Å²) >= 11 is 4.52. The summed E-state index contributed by atoms with van der Waals surface area (Å²) in [5.74, 6) is 0.290. The van der Waals surface area contributed by atoms with Crippen LogP contribution in [-0.2, 0) is 20.9 Å². The highest BCUT2D eigenvalue weighted by atomic mass is 79.9. The van der Waals surface area contributed by atoms with Crippen molar-refractivity contribution in [3.05, 3.63) is 47.1 Å². The molecule has 0 fully saturated rings. The van der Waals surface area contributed by atoms with Gasteiger partial charge in [0, 0.05) is 16.7 Å². The van der Waals surface area contributed by atoms with Crippen LogP contribution in [-0.4, -0.2) is 39.0 Å². The Kier molecular flexibility index (Phi) is 6.88. The van der Waals surface area contributed by atoms with Crippen molar-refractivity contribution in [1.29, 1.82) is 0 Å². The number of halogens is 1. The molecule has 146 valence electrons. The highest BCUT2D eigenvalue weighted by Gasteiger charge is 2.17. The van der Waals surface area contributed by atoms with Gasteiger partial charge in [-0.2, -0.15) is 0 Å². The third-order valence-corrected chi connectivity index (χ3v) is 5.00. The molecular formula is C18H17BrN4O4S. The van der Waals surface area contributed by atoms with E-state index in [0.29, 0.717) is 29.0 Å². The predicted octanol–water partition coefficient (Wildman–Crippen LogP) is 3.59. The fraction of sp³-hybridized carbons (Fsp3) is 0.222. The maximum Gasteiger partial charge on any atom is 0.316 e. The molecule has 0 atom stereocenters. The molecular weight excluding hydrogens is 448 g/mol. The molecule has 2 heterocycles. The minimum atomic E-state index is -0.514. The number of anilines is 1. The maximum absolute atomic E-state index is 12.0. The smallest absolute Gasteiger partial charge is 0.316 e. The molecule has 10 heteroatoms. The first-order valence-electron chi connectivity index (χ1n) is 8.37. The van der Waals surface area contributed by atoms with Crippen LogP contribution in [0.5, 0.6) is 0 Å². The highest BCUT2D eigenvalue weighted by Crippen LogP contribution is 2.24. The fourth-order valence-corrected chi connectivity index (χ4v) is 3.54. The lowest BCUT2D eigenvalue weighted by Gasteiger charge is -2.07. The number of nitrogens with zero attached hydrogens (tertiary/aromatic N) is 3. The Morgan fingerprint density at radius 2 is 2.14 bits per heavy atom. The van der Waals surface area contributed by atoms with Crippen LogP contribution in [0.25, 0.3) is 11.6 Å². The van der Waals surface area contributed by atoms with Crippen LogP contribution in [0.2, 0.25) is 0 Å². The number of benzene rings is 1. The van der Waals surface area contributed by atoms with Crippen molar-refractivity contribution in [2.24, 2.45) is 0 Å². The van der Waals surface area contributed by atoms with Crippen molar-refractivity contribution < 1.29 is 18.7 Å². The molecule has 0 unspecified atom stereocenters. The summed E-state index contributed by atoms with van der Waals surface area (Å²) < 4.78 is 13.1. The number of hydrogen-bond donors (Lipinski definition) is 1. The molecule has 2 aromatic heterocycles. The van der Waals surface area contributed by atoms with Gasteiger partial charge in [-0.1, -0.05) is 33.8 Å². The standard InChI is InChI=1S/C18H17BrN4O4S/c1-2-23-17(14-7-4-8-26-14)21-22-18(23)28-11-16(25)27-10-15(24)20-13-6-3-5-12(19)9-13/h3-9H,2,10-11H2,1H3,(H,20,24). The molecule has 0 saturated heterocycles. The Morgan fingerprint density at radius 1 is 1.29 bits per heavy atom. The molecule has 8 nitrogen and oxygen atoms in total. The summed E-state index contributed by atoms with van der Waals surface area (Å²) in [5, 5.41) is 11.4. The first-order chi connectivity index (χ1) is 13.6. The lowest BCUT2D eigenvalue weighted by Crippen LogP contribution is -2.21. The lowest BCUT2D eigenvalue weighted by atomic mass is 10.3. The number of hydrogen-bond acceptors (Lipinski definition) is 7. The second kappa shape index (κ2) is 9.56. The van der Waals surface area contributed by atoms with Crippen LogP contribution in [0.4, 0.5) is 5.69 Å². The number of rotatable bonds is 8. The van der Waals surface area contributed by atoms with Crippen molar-refractivity contribution in [1.82, 2.24) is 14.8 Å². The van der Waals surface area contributed by atoms with Gasteiger partial charge in [0.2, 0.25) is 0 Å². The number of carbonyl (C=O) groups excluding carboxylic acids is 2. The van der Waals surface area contributed by atoms with E-state index >= 15 is 0 Å². The van der Waals surface area contributed by atoms with Crippen molar-refractivity contribution in [3.63, 3.8) is 0 Å². The Balaban J connectivity index is 1.49. The second-order valence-corrected chi connectivity index (χ2v) is 7.39. The van der Waals surface area contributed by atoms with E-state index in [-0.39, 0.29) is 12.4 Å². The summed E-state index contributed by atoms with van der Waals surface area (Å²) in [6, 6.07) is 10.7. The van der Waals surface area contributed by atoms with Gasteiger partial charge in [0.15, 0.2) is 23.3 Å². The summed E-state index contributed by atoms with van der Waals surface area (Å²) in [6.45, 7) is 2.21. The third-order valence-electron chi connectivity index (χ3n) is 3.57. The molecule has 0 saturated carbocycles. The zero-order valence-corrected chi connectivity index (χ0v) is 17.3. The van der Waals surface area contributed by atoms with Crippen LogP contribution in [0.3, 0.4) is 0 Å². The molecule has 0 radical (unpaired) electrons. The van der Waals surface area contributed by atoms with Gasteiger partial charge >= 0.3 is 5.97 Å². The number of furan rings is 1. The van der Waals surface area contributed by atoms with Crippen molar-refractivity contribution in [2.45, 2.75) is 18.6 Å². The minimum Gasteiger partial charge on any atom is -0.461 e. The zero-order chi connectivity index (χ0) is 19.9. The van der Waals surface area contributed by atoms with E-state index in [4.69, 9.17) is 9.15 Å². The summed E-state index contributed by atoms with van der Waals surface area (Å²) in [5.41, 5.74) is 0.617. The van der Waals surface area contributed by atoms with Gasteiger partial charge in [0.25, 0.3) is 5.91 Å². The Hall–Kier alpha value is -2.59. The van der Waals surface area contributed by atoms with Gasteiger partial charge in [0.05, 0.1) is 12.0 Å². The van der Waals surface area contributed by atoms with E-state index in [2.05, 4.69) is 31.4 Å². The topological polar surface area (TPSA) is 99.2 Å². The number of thioether (sulfide) groups is 1. The predicted molar refractivity (Wildman–Crippen MR) is 108 cm³/mol. The SMILES string of the molecule is CCn1c(SCC(=O)OCC(=O)Nc2cccc(Br)c2)nnc1-c1ccco1. The first kappa shape index (κ1) is 20.2. The fourth-order valence-electron chi connectivity index (χ4n) is 2.34. The molecule has 3 aromatic rings. The number of esters is 1. The first-order valence-corrected chi connectivity index (χ1v) is 10.2. The lowest BCUT2D eigenvalue weighted by molar-refractivity contribution is -0.144. The molecule has 1 N–H and O–H groups in total. The average Bonchev–Trinajstić information content (AvgIpc) is 3.33. The van der Waals surface area contributed by atoms with Gasteiger partial charge in [-0.3, -0.25) is 14.2 Å². The Bertz CT molecular complexity index is 958. The largest absolute Gasteiger partial charge is 0.461 e. The third kappa shape index (κ3) is 5.23. The van der Waals surface area contributed by atoms with Gasteiger partial charge in [-0.05, 0) is 37.3 Å². The Labute approximate surface area is 173 Å². The molecule has 1 aromatic carbocycles. The molecule has 0 aliphatic rings. The van der Waals surface area contributed by atoms with Gasteiger partial charge in [-0.15, -0.1) is 10.2 Å². The van der Waals surface area contributed by atoms with Gasteiger partial charge in [-0.25, -0.2) is 0 Å². The number of nitrogens with one attached hydrogen (secondary N) is 1. The van der Waals surface area contributed by atoms with Crippen LogP contribution < -0.4 is 5.32 Å². The summed E-state index contributed by atoms with van der Waals surface area (Å²) in [7, 11) is 0. The normalized spacial score (nSPS) is 10.6. The number of amides is 1. The molecule has 0 bridgehead atoms. The van der Waals surface area contributed by atoms with Crippen LogP contribution in [0.1, 0.15) is 6.92 Å². The van der Waals surface area contributed by atoms with Crippen LogP contribution in [0.15, 0.2) is 56.7 Å².